The van der Waals surface area contributed by atoms with Gasteiger partial charge in [0, 0.05) is 11.1 Å². The summed E-state index contributed by atoms with van der Waals surface area (Å²) in [5, 5.41) is 8.15. The smallest absolute Gasteiger partial charge is 0.277 e. The lowest BCUT2D eigenvalue weighted by atomic mass is 10.0. The summed E-state index contributed by atoms with van der Waals surface area (Å²) in [6.07, 6.45) is 0. The number of hydrogen-bond donors (Lipinski definition) is 0. The Balaban J connectivity index is 1.48. The first-order chi connectivity index (χ1) is 13.0. The van der Waals surface area contributed by atoms with Crippen molar-refractivity contribution in [3.63, 3.8) is 0 Å². The lowest BCUT2D eigenvalue weighted by Crippen LogP contribution is -2.13. The molecule has 0 amide bonds. The van der Waals surface area contributed by atoms with Crippen molar-refractivity contribution in [2.45, 2.75) is 31.2 Å². The van der Waals surface area contributed by atoms with E-state index in [0.717, 1.165) is 16.7 Å². The van der Waals surface area contributed by atoms with Crippen LogP contribution in [0.25, 0.3) is 11.5 Å². The topological polar surface area (TPSA) is 74.5 Å². The zero-order chi connectivity index (χ0) is 19.0. The number of ketones is 1. The predicted octanol–water partition coefficient (Wildman–Crippen LogP) is 4.45. The minimum absolute atomic E-state index is 0.0333. The van der Waals surface area contributed by atoms with Gasteiger partial charge in [-0.15, -0.1) is 10.2 Å². The summed E-state index contributed by atoms with van der Waals surface area (Å²) < 4.78 is 16.4. The fourth-order valence-corrected chi connectivity index (χ4v) is 3.50. The summed E-state index contributed by atoms with van der Waals surface area (Å²) >= 11 is 1.25. The number of aromatic nitrogens is 2. The monoisotopic (exact) mass is 382 g/mol. The number of benzene rings is 2. The average Bonchev–Trinajstić information content (AvgIpc) is 3.31. The number of carbonyl (C=O) groups excluding carboxylic acids is 1. The molecule has 0 radical (unpaired) electrons. The Hall–Kier alpha value is -2.80. The Bertz CT molecular complexity index is 1010. The Morgan fingerprint density at radius 1 is 1.04 bits per heavy atom. The second-order valence-corrected chi connectivity index (χ2v) is 7.66. The number of ether oxygens (including phenoxy) is 2. The van der Waals surface area contributed by atoms with Gasteiger partial charge < -0.3 is 13.9 Å². The van der Waals surface area contributed by atoms with Crippen LogP contribution < -0.4 is 9.47 Å². The van der Waals surface area contributed by atoms with E-state index in [0.29, 0.717) is 28.2 Å². The van der Waals surface area contributed by atoms with E-state index >= 15 is 0 Å². The molecule has 0 fully saturated rings. The van der Waals surface area contributed by atoms with E-state index in [1.54, 1.807) is 12.1 Å². The van der Waals surface area contributed by atoms with Crippen molar-refractivity contribution in [1.82, 2.24) is 10.2 Å². The molecule has 7 heteroatoms. The van der Waals surface area contributed by atoms with E-state index in [9.17, 15) is 4.79 Å². The molecule has 1 atom stereocenters. The van der Waals surface area contributed by atoms with Crippen LogP contribution in [0.2, 0.25) is 0 Å². The van der Waals surface area contributed by atoms with Crippen molar-refractivity contribution < 1.29 is 18.7 Å². The van der Waals surface area contributed by atoms with E-state index in [1.165, 1.54) is 11.8 Å². The van der Waals surface area contributed by atoms with Gasteiger partial charge in [-0.25, -0.2) is 0 Å². The number of aryl methyl sites for hydroxylation is 2. The first-order valence-electron chi connectivity index (χ1n) is 8.53. The van der Waals surface area contributed by atoms with Gasteiger partial charge in [-0.3, -0.25) is 4.79 Å². The SMILES string of the molecule is Cc1ccc(C(=O)C(C)Sc2nnc(-c3ccc4c(c3)OCO4)o2)cc1C. The molecule has 3 aromatic rings. The van der Waals surface area contributed by atoms with Crippen LogP contribution in [0.5, 0.6) is 11.5 Å². The van der Waals surface area contributed by atoms with Crippen LogP contribution in [0.3, 0.4) is 0 Å². The highest BCUT2D eigenvalue weighted by atomic mass is 32.2. The minimum Gasteiger partial charge on any atom is -0.454 e. The van der Waals surface area contributed by atoms with Crippen LogP contribution in [-0.4, -0.2) is 28.0 Å². The fraction of sp³-hybridized carbons (Fsp3) is 0.250. The minimum atomic E-state index is -0.336. The molecule has 0 saturated heterocycles. The van der Waals surface area contributed by atoms with Gasteiger partial charge in [0.15, 0.2) is 17.3 Å². The predicted molar refractivity (Wildman–Crippen MR) is 101 cm³/mol. The van der Waals surface area contributed by atoms with Crippen molar-refractivity contribution in [3.8, 4) is 23.0 Å². The number of hydrogen-bond acceptors (Lipinski definition) is 7. The molecule has 1 unspecified atom stereocenters. The van der Waals surface area contributed by atoms with Crippen molar-refractivity contribution >= 4 is 17.5 Å². The number of thioether (sulfide) groups is 1. The van der Waals surface area contributed by atoms with Gasteiger partial charge in [-0.05, 0) is 56.2 Å². The molecule has 2 aromatic carbocycles. The average molecular weight is 382 g/mol. The standard InChI is InChI=1S/C20H18N2O4S/c1-11-4-5-14(8-12(11)2)18(23)13(3)27-20-22-21-19(26-20)15-6-7-16-17(9-15)25-10-24-16/h4-9,13H,10H2,1-3H3. The first kappa shape index (κ1) is 17.6. The van der Waals surface area contributed by atoms with Gasteiger partial charge in [0.1, 0.15) is 0 Å². The molecule has 0 aliphatic carbocycles. The third-order valence-electron chi connectivity index (χ3n) is 4.46. The molecule has 1 aliphatic heterocycles. The van der Waals surface area contributed by atoms with Crippen LogP contribution >= 0.6 is 11.8 Å². The third-order valence-corrected chi connectivity index (χ3v) is 5.40. The summed E-state index contributed by atoms with van der Waals surface area (Å²) in [6.45, 7) is 6.08. The van der Waals surface area contributed by atoms with Crippen LogP contribution in [-0.2, 0) is 0 Å². The van der Waals surface area contributed by atoms with Gasteiger partial charge in [-0.2, -0.15) is 0 Å². The summed E-state index contributed by atoms with van der Waals surface area (Å²) in [6, 6.07) is 11.2. The number of Topliss-reactive ketones (excluding diaryl/α,β-unsaturated/α-hetero) is 1. The molecule has 2 heterocycles. The molecule has 1 aliphatic rings. The van der Waals surface area contributed by atoms with E-state index in [-0.39, 0.29) is 17.8 Å². The zero-order valence-corrected chi connectivity index (χ0v) is 16.0. The zero-order valence-electron chi connectivity index (χ0n) is 15.2. The molecule has 27 heavy (non-hydrogen) atoms. The Morgan fingerprint density at radius 2 is 1.85 bits per heavy atom. The molecule has 0 saturated carbocycles. The highest BCUT2D eigenvalue weighted by Gasteiger charge is 2.21. The number of carbonyl (C=O) groups is 1. The van der Waals surface area contributed by atoms with E-state index in [1.807, 2.05) is 45.0 Å². The summed E-state index contributed by atoms with van der Waals surface area (Å²) in [7, 11) is 0. The maximum Gasteiger partial charge on any atom is 0.277 e. The highest BCUT2D eigenvalue weighted by molar-refractivity contribution is 8.00. The van der Waals surface area contributed by atoms with Gasteiger partial charge in [0.25, 0.3) is 5.22 Å². The number of fused-ring (bicyclic) bond motifs is 1. The van der Waals surface area contributed by atoms with Crippen molar-refractivity contribution in [1.29, 1.82) is 0 Å². The Morgan fingerprint density at radius 3 is 2.67 bits per heavy atom. The lowest BCUT2D eigenvalue weighted by Gasteiger charge is -2.09. The van der Waals surface area contributed by atoms with Crippen LogP contribution in [0.15, 0.2) is 46.0 Å². The van der Waals surface area contributed by atoms with E-state index in [4.69, 9.17) is 13.9 Å². The van der Waals surface area contributed by atoms with Crippen LogP contribution in [0, 0.1) is 13.8 Å². The largest absolute Gasteiger partial charge is 0.454 e. The van der Waals surface area contributed by atoms with Gasteiger partial charge >= 0.3 is 0 Å². The second kappa shape index (κ2) is 7.08. The van der Waals surface area contributed by atoms with Gasteiger partial charge in [-0.1, -0.05) is 23.9 Å². The van der Waals surface area contributed by atoms with Gasteiger partial charge in [0.05, 0.1) is 5.25 Å². The van der Waals surface area contributed by atoms with Crippen LogP contribution in [0.1, 0.15) is 28.4 Å². The normalized spacial score (nSPS) is 13.6. The molecular weight excluding hydrogens is 364 g/mol. The summed E-state index contributed by atoms with van der Waals surface area (Å²) in [5.41, 5.74) is 3.69. The molecule has 0 N–H and O–H groups in total. The lowest BCUT2D eigenvalue weighted by molar-refractivity contribution is 0.0993. The van der Waals surface area contributed by atoms with Crippen molar-refractivity contribution in [3.05, 3.63) is 53.1 Å². The maximum atomic E-state index is 12.7. The molecule has 6 nitrogen and oxygen atoms in total. The number of nitrogens with zero attached hydrogens (tertiary/aromatic N) is 2. The summed E-state index contributed by atoms with van der Waals surface area (Å²) in [4.78, 5) is 12.7. The maximum absolute atomic E-state index is 12.7. The number of rotatable bonds is 5. The van der Waals surface area contributed by atoms with E-state index in [2.05, 4.69) is 10.2 Å². The summed E-state index contributed by atoms with van der Waals surface area (Å²) in [5.74, 6) is 1.76. The Labute approximate surface area is 160 Å². The van der Waals surface area contributed by atoms with Crippen molar-refractivity contribution in [2.24, 2.45) is 0 Å². The highest BCUT2D eigenvalue weighted by Crippen LogP contribution is 2.36. The quantitative estimate of drug-likeness (QED) is 0.477. The third kappa shape index (κ3) is 3.55. The van der Waals surface area contributed by atoms with Crippen LogP contribution in [0.4, 0.5) is 0 Å². The van der Waals surface area contributed by atoms with E-state index < -0.39 is 0 Å². The first-order valence-corrected chi connectivity index (χ1v) is 9.41. The molecule has 0 bridgehead atoms. The molecular formula is C20H18N2O4S. The van der Waals surface area contributed by atoms with Gasteiger partial charge in [0.2, 0.25) is 12.7 Å². The fourth-order valence-electron chi connectivity index (χ4n) is 2.74. The van der Waals surface area contributed by atoms with Crippen molar-refractivity contribution in [2.75, 3.05) is 6.79 Å². The molecule has 0 spiro atoms. The molecule has 1 aromatic heterocycles. The molecule has 4 rings (SSSR count). The second-order valence-electron chi connectivity index (χ2n) is 6.36. The Kier molecular flexibility index (Phi) is 4.61. The molecule has 138 valence electrons.